The van der Waals surface area contributed by atoms with Crippen molar-refractivity contribution in [3.8, 4) is 0 Å². The average molecular weight is 407 g/mol. The van der Waals surface area contributed by atoms with Crippen molar-refractivity contribution in [3.63, 3.8) is 0 Å². The molecule has 3 atom stereocenters. The molecule has 1 aromatic rings. The van der Waals surface area contributed by atoms with Gasteiger partial charge in [0.1, 0.15) is 0 Å². The lowest BCUT2D eigenvalue weighted by atomic mass is 9.85. The lowest BCUT2D eigenvalue weighted by Gasteiger charge is -2.24. The number of nitrogens with one attached hydrogen (secondary N) is 2. The fourth-order valence-electron chi connectivity index (χ4n) is 4.29. The van der Waals surface area contributed by atoms with Crippen LogP contribution in [0.1, 0.15) is 49.6 Å². The van der Waals surface area contributed by atoms with Crippen molar-refractivity contribution in [2.45, 2.75) is 64.1 Å². The lowest BCUT2D eigenvalue weighted by Crippen LogP contribution is -2.39. The van der Waals surface area contributed by atoms with Crippen LogP contribution in [0.15, 0.2) is 0 Å². The van der Waals surface area contributed by atoms with Gasteiger partial charge >= 0.3 is 0 Å². The summed E-state index contributed by atoms with van der Waals surface area (Å²) >= 11 is 1.65. The Labute approximate surface area is 166 Å². The molecule has 1 aromatic heterocycles. The molecule has 4 rings (SSSR count). The molecular weight excluding hydrogens is 379 g/mol. The van der Waals surface area contributed by atoms with Crippen molar-refractivity contribution in [2.75, 3.05) is 18.4 Å². The van der Waals surface area contributed by atoms with Gasteiger partial charge in [-0.15, -0.1) is 36.2 Å². The smallest absolute Gasteiger partial charge is 0.243 e. The first-order valence-corrected chi connectivity index (χ1v) is 9.82. The van der Waals surface area contributed by atoms with Gasteiger partial charge in [0, 0.05) is 30.4 Å². The molecule has 3 unspecified atom stereocenters. The number of likely N-dealkylation sites (N-methyl/N-ethyl adjacent to an activating group) is 1. The number of carbonyl (C=O) groups is 1. The summed E-state index contributed by atoms with van der Waals surface area (Å²) in [5.41, 5.74) is 1.18. The molecular formula is C17H28Cl2N4OS. The van der Waals surface area contributed by atoms with Gasteiger partial charge in [-0.1, -0.05) is 19.8 Å². The highest BCUT2D eigenvalue weighted by atomic mass is 35.5. The summed E-state index contributed by atoms with van der Waals surface area (Å²) in [5, 5.41) is 7.41. The van der Waals surface area contributed by atoms with E-state index in [9.17, 15) is 4.79 Å². The number of rotatable bonds is 3. The third kappa shape index (κ3) is 4.48. The Balaban J connectivity index is 0.00000113. The van der Waals surface area contributed by atoms with E-state index >= 15 is 0 Å². The van der Waals surface area contributed by atoms with Gasteiger partial charge in [-0.25, -0.2) is 4.98 Å². The number of anilines is 1. The van der Waals surface area contributed by atoms with E-state index in [4.69, 9.17) is 0 Å². The zero-order valence-corrected chi connectivity index (χ0v) is 17.1. The Hall–Kier alpha value is -0.400. The fourth-order valence-corrected chi connectivity index (χ4v) is 5.34. The first-order valence-electron chi connectivity index (χ1n) is 9.00. The minimum absolute atomic E-state index is 0. The quantitative estimate of drug-likeness (QED) is 0.808. The van der Waals surface area contributed by atoms with E-state index in [0.29, 0.717) is 12.0 Å². The van der Waals surface area contributed by atoms with E-state index in [2.05, 4.69) is 27.4 Å². The van der Waals surface area contributed by atoms with Crippen molar-refractivity contribution in [2.24, 2.45) is 5.92 Å². The van der Waals surface area contributed by atoms with Crippen LogP contribution in [0.5, 0.6) is 0 Å². The molecule has 2 fully saturated rings. The van der Waals surface area contributed by atoms with Crippen LogP contribution in [0.4, 0.5) is 5.13 Å². The normalized spacial score (nSPS) is 28.3. The molecule has 1 saturated heterocycles. The van der Waals surface area contributed by atoms with Gasteiger partial charge in [0.05, 0.1) is 11.7 Å². The monoisotopic (exact) mass is 406 g/mol. The summed E-state index contributed by atoms with van der Waals surface area (Å²) in [6.07, 6.45) is 7.12. The zero-order valence-electron chi connectivity index (χ0n) is 14.6. The molecule has 3 heterocycles. The van der Waals surface area contributed by atoms with E-state index in [1.165, 1.54) is 36.3 Å². The topological polar surface area (TPSA) is 57.3 Å². The molecule has 0 bridgehead atoms. The molecule has 1 saturated carbocycles. The summed E-state index contributed by atoms with van der Waals surface area (Å²) in [6, 6.07) is 0.526. The van der Waals surface area contributed by atoms with Gasteiger partial charge in [0.2, 0.25) is 5.91 Å². The molecule has 2 N–H and O–H groups in total. The molecule has 25 heavy (non-hydrogen) atoms. The molecule has 2 aliphatic heterocycles. The lowest BCUT2D eigenvalue weighted by molar-refractivity contribution is -0.117. The second-order valence-corrected chi connectivity index (χ2v) is 8.19. The first-order chi connectivity index (χ1) is 11.2. The summed E-state index contributed by atoms with van der Waals surface area (Å²) < 4.78 is 0. The van der Waals surface area contributed by atoms with Crippen molar-refractivity contribution in [1.29, 1.82) is 0 Å². The molecule has 142 valence electrons. The number of fused-ring (bicyclic) bond motifs is 2. The van der Waals surface area contributed by atoms with Crippen LogP contribution in [-0.2, 0) is 17.8 Å². The van der Waals surface area contributed by atoms with Crippen LogP contribution in [0.3, 0.4) is 0 Å². The van der Waals surface area contributed by atoms with Crippen LogP contribution < -0.4 is 10.6 Å². The van der Waals surface area contributed by atoms with Crippen LogP contribution in [0.25, 0.3) is 0 Å². The summed E-state index contributed by atoms with van der Waals surface area (Å²) in [7, 11) is 0. The van der Waals surface area contributed by atoms with Gasteiger partial charge in [-0.3, -0.25) is 9.69 Å². The number of carbonyl (C=O) groups excluding carboxylic acids is 1. The fraction of sp³-hybridized carbons (Fsp3) is 0.765. The van der Waals surface area contributed by atoms with Crippen molar-refractivity contribution >= 4 is 47.2 Å². The third-order valence-corrected chi connectivity index (χ3v) is 6.66. The van der Waals surface area contributed by atoms with Gasteiger partial charge in [0.15, 0.2) is 5.13 Å². The molecule has 3 aliphatic rings. The predicted octanol–water partition coefficient (Wildman–Crippen LogP) is 3.22. The number of hydrogen-bond acceptors (Lipinski definition) is 5. The SMILES string of the molecule is CCN1CCc2nc(NC(=O)C3CC4CCCCC4N3)sc2C1.Cl.Cl. The minimum atomic E-state index is -0.0313. The Morgan fingerprint density at radius 1 is 1.36 bits per heavy atom. The maximum absolute atomic E-state index is 12.6. The maximum Gasteiger partial charge on any atom is 0.243 e. The highest BCUT2D eigenvalue weighted by Gasteiger charge is 2.38. The van der Waals surface area contributed by atoms with Gasteiger partial charge in [-0.05, 0) is 31.7 Å². The van der Waals surface area contributed by atoms with Crippen LogP contribution >= 0.6 is 36.2 Å². The van der Waals surface area contributed by atoms with E-state index in [1.54, 1.807) is 11.3 Å². The molecule has 1 amide bonds. The number of nitrogens with zero attached hydrogens (tertiary/aromatic N) is 2. The number of hydrogen-bond donors (Lipinski definition) is 2. The van der Waals surface area contributed by atoms with E-state index in [1.807, 2.05) is 0 Å². The third-order valence-electron chi connectivity index (χ3n) is 5.67. The van der Waals surface area contributed by atoms with E-state index in [-0.39, 0.29) is 36.8 Å². The Morgan fingerprint density at radius 3 is 2.92 bits per heavy atom. The molecule has 5 nitrogen and oxygen atoms in total. The van der Waals surface area contributed by atoms with E-state index < -0.39 is 0 Å². The number of amides is 1. The Kier molecular flexibility index (Phi) is 7.52. The molecule has 8 heteroatoms. The van der Waals surface area contributed by atoms with Gasteiger partial charge < -0.3 is 10.6 Å². The van der Waals surface area contributed by atoms with Gasteiger partial charge in [-0.2, -0.15) is 0 Å². The standard InChI is InChI=1S/C17H26N4OS.2ClH/c1-2-21-8-7-13-15(10-21)23-17(19-13)20-16(22)14-9-11-5-3-4-6-12(11)18-14;;/h11-12,14,18H,2-10H2,1H3,(H,19,20,22);2*1H. The largest absolute Gasteiger partial charge is 0.303 e. The minimum Gasteiger partial charge on any atom is -0.303 e. The highest BCUT2D eigenvalue weighted by molar-refractivity contribution is 7.15. The van der Waals surface area contributed by atoms with Crippen LogP contribution in [-0.4, -0.2) is 41.0 Å². The molecule has 0 spiro atoms. The average Bonchev–Trinajstić information content (AvgIpc) is 3.17. The molecule has 1 aliphatic carbocycles. The maximum atomic E-state index is 12.6. The number of aromatic nitrogens is 1. The number of thiazole rings is 1. The molecule has 0 aromatic carbocycles. The summed E-state index contributed by atoms with van der Waals surface area (Å²) in [6.45, 7) is 5.33. The van der Waals surface area contributed by atoms with Gasteiger partial charge in [0.25, 0.3) is 0 Å². The summed E-state index contributed by atoms with van der Waals surface area (Å²) in [4.78, 5) is 21.0. The van der Waals surface area contributed by atoms with Crippen molar-refractivity contribution < 1.29 is 4.79 Å². The van der Waals surface area contributed by atoms with Crippen LogP contribution in [0, 0.1) is 5.92 Å². The molecule has 0 radical (unpaired) electrons. The second-order valence-electron chi connectivity index (χ2n) is 7.10. The van der Waals surface area contributed by atoms with Crippen molar-refractivity contribution in [1.82, 2.24) is 15.2 Å². The van der Waals surface area contributed by atoms with E-state index in [0.717, 1.165) is 37.6 Å². The van der Waals surface area contributed by atoms with Crippen molar-refractivity contribution in [3.05, 3.63) is 10.6 Å². The Morgan fingerprint density at radius 2 is 2.16 bits per heavy atom. The summed E-state index contributed by atoms with van der Waals surface area (Å²) in [5.74, 6) is 0.806. The second kappa shape index (κ2) is 9.00. The first kappa shape index (κ1) is 20.9. The number of halogens is 2. The Bertz CT molecular complexity index is 583. The van der Waals surface area contributed by atoms with Crippen LogP contribution in [0.2, 0.25) is 0 Å². The predicted molar refractivity (Wildman–Crippen MR) is 107 cm³/mol. The highest BCUT2D eigenvalue weighted by Crippen LogP contribution is 2.34. The zero-order chi connectivity index (χ0) is 15.8.